The molecule has 2 aromatic heterocycles. The van der Waals surface area contributed by atoms with Crippen LogP contribution in [0.25, 0.3) is 11.2 Å². The number of imidazole rings is 1. The predicted molar refractivity (Wildman–Crippen MR) is 160 cm³/mol. The van der Waals surface area contributed by atoms with Crippen LogP contribution < -0.4 is 5.56 Å². The normalized spacial score (nSPS) is 21.5. The van der Waals surface area contributed by atoms with E-state index in [1.165, 1.54) is 6.33 Å². The fourth-order valence-corrected chi connectivity index (χ4v) is 18.7. The first-order chi connectivity index (χ1) is 17.7. The first kappa shape index (κ1) is 31.2. The van der Waals surface area contributed by atoms with E-state index in [0.717, 1.165) is 0 Å². The summed E-state index contributed by atoms with van der Waals surface area (Å²) in [6.07, 6.45) is 3.15. The Hall–Kier alpha value is -1.34. The lowest BCUT2D eigenvalue weighted by molar-refractivity contribution is -0.0395. The number of ether oxygens (including phenoxy) is 1. The Labute approximate surface area is 231 Å². The molecule has 0 amide bonds. The lowest BCUT2D eigenvalue weighted by Gasteiger charge is -2.45. The smallest absolute Gasteiger partial charge is 0.278 e. The number of aromatic amines is 1. The van der Waals surface area contributed by atoms with Gasteiger partial charge in [-0.15, -0.1) is 0 Å². The van der Waals surface area contributed by atoms with Crippen molar-refractivity contribution in [3.05, 3.63) is 23.0 Å². The van der Waals surface area contributed by atoms with Crippen molar-refractivity contribution in [1.82, 2.24) is 19.5 Å². The van der Waals surface area contributed by atoms with Crippen molar-refractivity contribution in [2.75, 3.05) is 6.61 Å². The largest absolute Gasteiger partial charge is 0.413 e. The third-order valence-electron chi connectivity index (χ3n) is 9.12. The topological polar surface area (TPSA) is 91.3 Å². The van der Waals surface area contributed by atoms with Gasteiger partial charge in [-0.3, -0.25) is 9.36 Å². The molecule has 0 spiro atoms. The summed E-state index contributed by atoms with van der Waals surface area (Å²) in [5.41, 5.74) is 3.48. The van der Waals surface area contributed by atoms with E-state index in [2.05, 4.69) is 98.0 Å². The van der Waals surface area contributed by atoms with Crippen LogP contribution in [0.2, 0.25) is 33.2 Å². The summed E-state index contributed by atoms with van der Waals surface area (Å²) in [6, 6.07) is 0. The second kappa shape index (κ2) is 12.0. The molecular formula is C28H52N4O4Si2. The van der Waals surface area contributed by atoms with Gasteiger partial charge in [0.1, 0.15) is 12.3 Å². The molecule has 0 aromatic carbocycles. The molecule has 1 saturated heterocycles. The van der Waals surface area contributed by atoms with E-state index >= 15 is 0 Å². The Balaban J connectivity index is 2.01. The molecule has 2 aromatic rings. The highest BCUT2D eigenvalue weighted by Gasteiger charge is 2.51. The molecule has 38 heavy (non-hydrogen) atoms. The van der Waals surface area contributed by atoms with Gasteiger partial charge < -0.3 is 18.6 Å². The number of aromatic nitrogens is 4. The number of nitrogens with one attached hydrogen (secondary N) is 1. The van der Waals surface area contributed by atoms with E-state index in [4.69, 9.17) is 13.6 Å². The molecule has 10 heteroatoms. The Kier molecular flexibility index (Phi) is 9.88. The molecule has 0 radical (unpaired) electrons. The average Bonchev–Trinajstić information content (AvgIpc) is 3.41. The van der Waals surface area contributed by atoms with Crippen LogP contribution in [0.3, 0.4) is 0 Å². The maximum Gasteiger partial charge on any atom is 0.278 e. The zero-order valence-corrected chi connectivity index (χ0v) is 27.7. The van der Waals surface area contributed by atoms with Gasteiger partial charge in [-0.1, -0.05) is 83.1 Å². The number of rotatable bonds is 12. The Morgan fingerprint density at radius 3 is 1.92 bits per heavy atom. The molecule has 3 rings (SSSR count). The number of hydrogen-bond donors (Lipinski definition) is 1. The summed E-state index contributed by atoms with van der Waals surface area (Å²) in [5, 5.41) is 0. The quantitative estimate of drug-likeness (QED) is 0.275. The zero-order valence-electron chi connectivity index (χ0n) is 25.7. The van der Waals surface area contributed by atoms with Crippen molar-refractivity contribution < 1.29 is 13.6 Å². The standard InChI is InChI=1S/C28H52N4O4Si2/c1-17(2)37(18(3)4,19(5)6)34-14-24-23(36-38(20(7)8,21(9)10)22(11)12)13-25(35-24)32-16-31-26-27(32)29-15-30-28(26)33/h15-25H,13-14H2,1-12H3,(H,29,30,33)/t23-,24+,25+/m0/s1. The molecule has 0 aliphatic carbocycles. The van der Waals surface area contributed by atoms with E-state index in [-0.39, 0.29) is 24.0 Å². The lowest BCUT2D eigenvalue weighted by atomic mass is 10.2. The van der Waals surface area contributed by atoms with E-state index in [1.807, 2.05) is 4.57 Å². The second-order valence-corrected chi connectivity index (χ2v) is 23.9. The van der Waals surface area contributed by atoms with Crippen LogP contribution in [0.4, 0.5) is 0 Å². The summed E-state index contributed by atoms with van der Waals surface area (Å²) in [6.45, 7) is 28.3. The molecule has 3 atom stereocenters. The van der Waals surface area contributed by atoms with Crippen LogP contribution in [0.1, 0.15) is 95.7 Å². The van der Waals surface area contributed by atoms with Gasteiger partial charge in [0.05, 0.1) is 25.4 Å². The van der Waals surface area contributed by atoms with Gasteiger partial charge in [-0.05, 0) is 33.2 Å². The molecular weight excluding hydrogens is 513 g/mol. The minimum absolute atomic E-state index is 0.100. The number of H-pyrrole nitrogens is 1. The molecule has 8 nitrogen and oxygen atoms in total. The van der Waals surface area contributed by atoms with E-state index in [1.54, 1.807) is 6.33 Å². The molecule has 1 fully saturated rings. The van der Waals surface area contributed by atoms with Crippen molar-refractivity contribution in [2.24, 2.45) is 0 Å². The van der Waals surface area contributed by atoms with Gasteiger partial charge in [0.2, 0.25) is 8.32 Å². The molecule has 1 N–H and O–H groups in total. The maximum atomic E-state index is 12.3. The molecule has 0 saturated carbocycles. The Bertz CT molecular complexity index is 1070. The summed E-state index contributed by atoms with van der Waals surface area (Å²) in [7, 11) is -4.26. The Morgan fingerprint density at radius 1 is 0.895 bits per heavy atom. The van der Waals surface area contributed by atoms with E-state index in [9.17, 15) is 4.79 Å². The molecule has 1 aliphatic heterocycles. The predicted octanol–water partition coefficient (Wildman–Crippen LogP) is 7.16. The van der Waals surface area contributed by atoms with Crippen LogP contribution in [-0.2, 0) is 13.6 Å². The average molecular weight is 565 g/mol. The van der Waals surface area contributed by atoms with Crippen LogP contribution in [0.5, 0.6) is 0 Å². The maximum absolute atomic E-state index is 12.3. The van der Waals surface area contributed by atoms with Gasteiger partial charge in [0, 0.05) is 6.42 Å². The van der Waals surface area contributed by atoms with E-state index in [0.29, 0.717) is 57.4 Å². The zero-order chi connectivity index (χ0) is 28.6. The summed E-state index contributed by atoms with van der Waals surface area (Å²) < 4.78 is 23.0. The van der Waals surface area contributed by atoms with Crippen molar-refractivity contribution >= 4 is 27.8 Å². The van der Waals surface area contributed by atoms with Crippen LogP contribution in [0.15, 0.2) is 17.4 Å². The number of nitrogens with zero attached hydrogens (tertiary/aromatic N) is 3. The number of hydrogen-bond acceptors (Lipinski definition) is 6. The summed E-state index contributed by atoms with van der Waals surface area (Å²) in [5.74, 6) is 0. The second-order valence-electron chi connectivity index (χ2n) is 13.0. The minimum Gasteiger partial charge on any atom is -0.413 e. The number of fused-ring (bicyclic) bond motifs is 1. The molecule has 216 valence electrons. The molecule has 0 unspecified atom stereocenters. The highest BCUT2D eigenvalue weighted by molar-refractivity contribution is 6.78. The lowest BCUT2D eigenvalue weighted by Crippen LogP contribution is -2.53. The van der Waals surface area contributed by atoms with Crippen molar-refractivity contribution in [3.63, 3.8) is 0 Å². The third-order valence-corrected chi connectivity index (χ3v) is 21.3. The highest BCUT2D eigenvalue weighted by atomic mass is 28.4. The molecule has 1 aliphatic rings. The van der Waals surface area contributed by atoms with E-state index < -0.39 is 16.6 Å². The van der Waals surface area contributed by atoms with Gasteiger partial charge in [0.25, 0.3) is 5.56 Å². The van der Waals surface area contributed by atoms with Crippen LogP contribution in [0, 0.1) is 0 Å². The van der Waals surface area contributed by atoms with Crippen LogP contribution in [-0.4, -0.2) is 55.0 Å². The van der Waals surface area contributed by atoms with Crippen molar-refractivity contribution in [1.29, 1.82) is 0 Å². The molecule has 3 heterocycles. The van der Waals surface area contributed by atoms with Gasteiger partial charge in [-0.2, -0.15) is 0 Å². The van der Waals surface area contributed by atoms with Crippen molar-refractivity contribution in [3.8, 4) is 0 Å². The van der Waals surface area contributed by atoms with Gasteiger partial charge in [-0.25, -0.2) is 9.97 Å². The molecule has 0 bridgehead atoms. The van der Waals surface area contributed by atoms with Crippen molar-refractivity contribution in [2.45, 2.75) is 141 Å². The summed E-state index contributed by atoms with van der Waals surface area (Å²) >= 11 is 0. The highest BCUT2D eigenvalue weighted by Crippen LogP contribution is 2.47. The van der Waals surface area contributed by atoms with Gasteiger partial charge in [0.15, 0.2) is 19.5 Å². The fraction of sp³-hybridized carbons (Fsp3) is 0.821. The first-order valence-corrected chi connectivity index (χ1v) is 18.8. The third kappa shape index (κ3) is 5.48. The van der Waals surface area contributed by atoms with Crippen LogP contribution >= 0.6 is 0 Å². The first-order valence-electron chi connectivity index (χ1n) is 14.6. The summed E-state index contributed by atoms with van der Waals surface area (Å²) in [4.78, 5) is 23.7. The monoisotopic (exact) mass is 564 g/mol. The SMILES string of the molecule is CC(C)[Si](OC[C@H]1O[C@@H](n2cnc3c(=O)[nH]cnc32)C[C@@H]1O[Si](C(C)C)(C(C)C)C(C)C)(C(C)C)C(C)C. The Morgan fingerprint density at radius 2 is 1.42 bits per heavy atom. The fourth-order valence-electron chi connectivity index (χ4n) is 7.62. The van der Waals surface area contributed by atoms with Gasteiger partial charge >= 0.3 is 0 Å². The minimum atomic E-state index is -2.17.